The zero-order valence-corrected chi connectivity index (χ0v) is 10.5. The molecule has 17 heavy (non-hydrogen) atoms. The third-order valence-electron chi connectivity index (χ3n) is 2.35. The van der Waals surface area contributed by atoms with Crippen LogP contribution in [0.5, 0.6) is 0 Å². The second kappa shape index (κ2) is 5.44. The van der Waals surface area contributed by atoms with Crippen molar-refractivity contribution >= 4 is 15.5 Å². The van der Waals surface area contributed by atoms with Crippen molar-refractivity contribution in [2.75, 3.05) is 17.6 Å². The quantitative estimate of drug-likeness (QED) is 0.886. The Bertz CT molecular complexity index is 486. The van der Waals surface area contributed by atoms with E-state index in [0.29, 0.717) is 5.69 Å². The molecule has 0 atom stereocenters. The zero-order valence-electron chi connectivity index (χ0n) is 9.70. The first-order chi connectivity index (χ1) is 7.83. The third-order valence-corrected chi connectivity index (χ3v) is 4.56. The Morgan fingerprint density at radius 2 is 1.88 bits per heavy atom. The van der Waals surface area contributed by atoms with Crippen LogP contribution in [0, 0.1) is 11.6 Å². The van der Waals surface area contributed by atoms with Gasteiger partial charge in [-0.15, -0.1) is 0 Å². The zero-order chi connectivity index (χ0) is 13.1. The molecule has 0 bridgehead atoms. The topological polar surface area (TPSA) is 46.2 Å². The number of hydrogen-bond acceptors (Lipinski definition) is 3. The van der Waals surface area contributed by atoms with Gasteiger partial charge in [0, 0.05) is 12.2 Å². The van der Waals surface area contributed by atoms with Crippen LogP contribution in [0.25, 0.3) is 0 Å². The lowest BCUT2D eigenvalue weighted by molar-refractivity contribution is 0.509. The van der Waals surface area contributed by atoms with Crippen LogP contribution >= 0.6 is 0 Å². The minimum absolute atomic E-state index is 0.0380. The fourth-order valence-corrected chi connectivity index (χ4v) is 2.04. The fourth-order valence-electron chi connectivity index (χ4n) is 1.18. The minimum Gasteiger partial charge on any atom is -0.384 e. The van der Waals surface area contributed by atoms with Gasteiger partial charge in [-0.1, -0.05) is 0 Å². The molecule has 96 valence electrons. The molecule has 1 aromatic rings. The van der Waals surface area contributed by atoms with Crippen LogP contribution in [0.1, 0.15) is 13.8 Å². The highest BCUT2D eigenvalue weighted by atomic mass is 32.2. The lowest BCUT2D eigenvalue weighted by Gasteiger charge is -2.09. The average molecular weight is 263 g/mol. The summed E-state index contributed by atoms with van der Waals surface area (Å²) in [5, 5.41) is 2.30. The molecule has 0 unspecified atom stereocenters. The molecule has 0 spiro atoms. The van der Waals surface area contributed by atoms with Gasteiger partial charge in [-0.2, -0.15) is 0 Å². The van der Waals surface area contributed by atoms with E-state index in [9.17, 15) is 17.2 Å². The molecule has 1 N–H and O–H groups in total. The predicted octanol–water partition coefficient (Wildman–Crippen LogP) is 2.20. The van der Waals surface area contributed by atoms with Gasteiger partial charge in [0.25, 0.3) is 0 Å². The Labute approximate surface area is 99.8 Å². The summed E-state index contributed by atoms with van der Waals surface area (Å²) < 4.78 is 48.4. The molecule has 0 aliphatic rings. The molecule has 6 heteroatoms. The van der Waals surface area contributed by atoms with Crippen LogP contribution < -0.4 is 5.32 Å². The molecular formula is C11H15F2NO2S. The average Bonchev–Trinajstić information content (AvgIpc) is 2.23. The molecule has 0 heterocycles. The van der Waals surface area contributed by atoms with E-state index < -0.39 is 26.7 Å². The summed E-state index contributed by atoms with van der Waals surface area (Å²) in [5.74, 6) is -1.92. The lowest BCUT2D eigenvalue weighted by Crippen LogP contribution is -2.22. The minimum atomic E-state index is -3.12. The Morgan fingerprint density at radius 3 is 2.41 bits per heavy atom. The molecule has 0 fully saturated rings. The van der Waals surface area contributed by atoms with Crippen LogP contribution in [0.3, 0.4) is 0 Å². The van der Waals surface area contributed by atoms with Gasteiger partial charge in [-0.3, -0.25) is 0 Å². The van der Waals surface area contributed by atoms with Crippen molar-refractivity contribution in [2.45, 2.75) is 19.1 Å². The second-order valence-electron chi connectivity index (χ2n) is 3.97. The maximum atomic E-state index is 12.8. The van der Waals surface area contributed by atoms with E-state index in [0.717, 1.165) is 12.1 Å². The number of sulfone groups is 1. The van der Waals surface area contributed by atoms with Crippen LogP contribution in [0.15, 0.2) is 18.2 Å². The molecule has 0 aromatic heterocycles. The maximum absolute atomic E-state index is 12.8. The summed E-state index contributed by atoms with van der Waals surface area (Å²) >= 11 is 0. The van der Waals surface area contributed by atoms with Crippen molar-refractivity contribution in [3.63, 3.8) is 0 Å². The molecule has 0 saturated carbocycles. The van der Waals surface area contributed by atoms with Gasteiger partial charge in [0.15, 0.2) is 21.5 Å². The van der Waals surface area contributed by atoms with Gasteiger partial charge < -0.3 is 5.32 Å². The Kier molecular flexibility index (Phi) is 4.45. The number of halogens is 2. The number of hydrogen-bond donors (Lipinski definition) is 1. The highest BCUT2D eigenvalue weighted by Gasteiger charge is 2.15. The smallest absolute Gasteiger partial charge is 0.160 e. The summed E-state index contributed by atoms with van der Waals surface area (Å²) in [6.07, 6.45) is 0. The molecule has 1 rings (SSSR count). The molecule has 1 aromatic carbocycles. The first-order valence-electron chi connectivity index (χ1n) is 5.23. The van der Waals surface area contributed by atoms with Gasteiger partial charge in [0.1, 0.15) is 0 Å². The lowest BCUT2D eigenvalue weighted by atomic mass is 10.3. The van der Waals surface area contributed by atoms with E-state index >= 15 is 0 Å². The number of anilines is 1. The molecule has 3 nitrogen and oxygen atoms in total. The van der Waals surface area contributed by atoms with Gasteiger partial charge in [0.05, 0.1) is 11.0 Å². The van der Waals surface area contributed by atoms with Gasteiger partial charge in [0.2, 0.25) is 0 Å². The summed E-state index contributed by atoms with van der Waals surface area (Å²) in [6, 6.07) is 3.35. The summed E-state index contributed by atoms with van der Waals surface area (Å²) in [5.41, 5.74) is 0.364. The molecule has 0 radical (unpaired) electrons. The van der Waals surface area contributed by atoms with E-state index in [1.807, 2.05) is 0 Å². The van der Waals surface area contributed by atoms with Crippen molar-refractivity contribution in [2.24, 2.45) is 0 Å². The Balaban J connectivity index is 2.55. The highest BCUT2D eigenvalue weighted by Crippen LogP contribution is 2.13. The Morgan fingerprint density at radius 1 is 1.24 bits per heavy atom. The SMILES string of the molecule is CC(C)S(=O)(=O)CCNc1ccc(F)c(F)c1. The van der Waals surface area contributed by atoms with E-state index in [2.05, 4.69) is 5.32 Å². The van der Waals surface area contributed by atoms with Gasteiger partial charge >= 0.3 is 0 Å². The monoisotopic (exact) mass is 263 g/mol. The molecule has 0 amide bonds. The first kappa shape index (κ1) is 13.9. The highest BCUT2D eigenvalue weighted by molar-refractivity contribution is 7.92. The van der Waals surface area contributed by atoms with E-state index in [-0.39, 0.29) is 12.3 Å². The standard InChI is InChI=1S/C11H15F2NO2S/c1-8(2)17(15,16)6-5-14-9-3-4-10(12)11(13)7-9/h3-4,7-8,14H,5-6H2,1-2H3. The molecule has 0 aliphatic carbocycles. The fraction of sp³-hybridized carbons (Fsp3) is 0.455. The van der Waals surface area contributed by atoms with Gasteiger partial charge in [-0.25, -0.2) is 17.2 Å². The van der Waals surface area contributed by atoms with E-state index in [1.165, 1.54) is 6.07 Å². The normalized spacial score (nSPS) is 11.8. The second-order valence-corrected chi connectivity index (χ2v) is 6.65. The van der Waals surface area contributed by atoms with Crippen molar-refractivity contribution in [3.8, 4) is 0 Å². The van der Waals surface area contributed by atoms with Crippen molar-refractivity contribution in [3.05, 3.63) is 29.8 Å². The first-order valence-corrected chi connectivity index (χ1v) is 6.95. The van der Waals surface area contributed by atoms with Crippen molar-refractivity contribution < 1.29 is 17.2 Å². The number of benzene rings is 1. The predicted molar refractivity (Wildman–Crippen MR) is 63.8 cm³/mol. The van der Waals surface area contributed by atoms with Gasteiger partial charge in [-0.05, 0) is 32.0 Å². The summed E-state index contributed by atoms with van der Waals surface area (Å²) in [4.78, 5) is 0. The van der Waals surface area contributed by atoms with E-state index in [4.69, 9.17) is 0 Å². The number of nitrogens with one attached hydrogen (secondary N) is 1. The molecule has 0 saturated heterocycles. The maximum Gasteiger partial charge on any atom is 0.160 e. The van der Waals surface area contributed by atoms with Crippen molar-refractivity contribution in [1.29, 1.82) is 0 Å². The Hall–Kier alpha value is -1.17. The molecule has 0 aliphatic heterocycles. The third kappa shape index (κ3) is 3.96. The largest absolute Gasteiger partial charge is 0.384 e. The van der Waals surface area contributed by atoms with Crippen LogP contribution in [0.2, 0.25) is 0 Å². The van der Waals surface area contributed by atoms with Crippen LogP contribution in [-0.2, 0) is 9.84 Å². The van der Waals surface area contributed by atoms with Crippen LogP contribution in [-0.4, -0.2) is 26.0 Å². The molecular weight excluding hydrogens is 248 g/mol. The van der Waals surface area contributed by atoms with Crippen molar-refractivity contribution in [1.82, 2.24) is 0 Å². The van der Waals surface area contributed by atoms with E-state index in [1.54, 1.807) is 13.8 Å². The van der Waals surface area contributed by atoms with Crippen LogP contribution in [0.4, 0.5) is 14.5 Å². The summed E-state index contributed by atoms with van der Waals surface area (Å²) in [7, 11) is -3.12. The summed E-state index contributed by atoms with van der Waals surface area (Å²) in [6.45, 7) is 3.38. The number of rotatable bonds is 5.